The number of aromatic nitrogens is 3. The molecule has 0 aliphatic rings. The molecule has 3 rings (SSSR count). The standard InChI is InChI=1S/C17H16N4O2/c1-2-23-17(22)16-15(13-5-9-20-10-6-13)14(11-21(16)18)12-3-7-19-8-4-12/h3-11H,2,18H2,1H3. The van der Waals surface area contributed by atoms with Crippen molar-refractivity contribution < 1.29 is 9.53 Å². The highest BCUT2D eigenvalue weighted by Crippen LogP contribution is 2.35. The largest absolute Gasteiger partial charge is 0.461 e. The molecule has 0 saturated carbocycles. The van der Waals surface area contributed by atoms with Crippen LogP contribution in [0.3, 0.4) is 0 Å². The van der Waals surface area contributed by atoms with Gasteiger partial charge in [-0.15, -0.1) is 0 Å². The second kappa shape index (κ2) is 6.31. The number of ether oxygens (including phenoxy) is 1. The number of nitrogens with zero attached hydrogens (tertiary/aromatic N) is 3. The van der Waals surface area contributed by atoms with Crippen molar-refractivity contribution in [3.8, 4) is 22.3 Å². The Balaban J connectivity index is 2.25. The van der Waals surface area contributed by atoms with E-state index in [0.29, 0.717) is 5.69 Å². The first-order valence-corrected chi connectivity index (χ1v) is 7.20. The maximum absolute atomic E-state index is 12.4. The molecular weight excluding hydrogens is 292 g/mol. The average Bonchev–Trinajstić information content (AvgIpc) is 2.94. The summed E-state index contributed by atoms with van der Waals surface area (Å²) in [6, 6.07) is 7.41. The van der Waals surface area contributed by atoms with Crippen molar-refractivity contribution in [3.05, 3.63) is 60.9 Å². The molecule has 6 nitrogen and oxygen atoms in total. The maximum Gasteiger partial charge on any atom is 0.357 e. The van der Waals surface area contributed by atoms with Gasteiger partial charge in [-0.25, -0.2) is 4.79 Å². The molecule has 23 heavy (non-hydrogen) atoms. The summed E-state index contributed by atoms with van der Waals surface area (Å²) in [5.41, 5.74) is 3.63. The Morgan fingerprint density at radius 1 is 1.09 bits per heavy atom. The number of hydrogen-bond donors (Lipinski definition) is 1. The van der Waals surface area contributed by atoms with Crippen LogP contribution in [0.5, 0.6) is 0 Å². The zero-order chi connectivity index (χ0) is 16.2. The van der Waals surface area contributed by atoms with Gasteiger partial charge in [0.25, 0.3) is 0 Å². The molecule has 0 amide bonds. The predicted octanol–water partition coefficient (Wildman–Crippen LogP) is 2.50. The summed E-state index contributed by atoms with van der Waals surface area (Å²) in [7, 11) is 0. The molecule has 116 valence electrons. The summed E-state index contributed by atoms with van der Waals surface area (Å²) >= 11 is 0. The Hall–Kier alpha value is -3.15. The van der Waals surface area contributed by atoms with Crippen molar-refractivity contribution in [2.75, 3.05) is 12.4 Å². The van der Waals surface area contributed by atoms with Gasteiger partial charge in [0, 0.05) is 42.1 Å². The molecule has 3 heterocycles. The Bertz CT molecular complexity index is 813. The Kier molecular flexibility index (Phi) is 4.05. The first-order valence-electron chi connectivity index (χ1n) is 7.20. The van der Waals surface area contributed by atoms with Gasteiger partial charge in [-0.3, -0.25) is 14.6 Å². The minimum Gasteiger partial charge on any atom is -0.461 e. The molecule has 0 atom stereocenters. The summed E-state index contributed by atoms with van der Waals surface area (Å²) in [6.45, 7) is 2.04. The third kappa shape index (κ3) is 2.78. The van der Waals surface area contributed by atoms with Crippen LogP contribution in [0, 0.1) is 0 Å². The maximum atomic E-state index is 12.4. The van der Waals surface area contributed by atoms with Crippen LogP contribution in [0.4, 0.5) is 0 Å². The number of nitrogens with two attached hydrogens (primary N) is 1. The van der Waals surface area contributed by atoms with E-state index in [4.69, 9.17) is 10.6 Å². The Labute approximate surface area is 133 Å². The highest BCUT2D eigenvalue weighted by molar-refractivity contribution is 6.01. The van der Waals surface area contributed by atoms with Gasteiger partial charge in [0.05, 0.1) is 6.61 Å². The highest BCUT2D eigenvalue weighted by atomic mass is 16.5. The monoisotopic (exact) mass is 308 g/mol. The molecule has 0 spiro atoms. The SMILES string of the molecule is CCOC(=O)c1c(-c2ccncc2)c(-c2ccncc2)cn1N. The van der Waals surface area contributed by atoms with Crippen molar-refractivity contribution in [2.24, 2.45) is 0 Å². The van der Waals surface area contributed by atoms with E-state index in [9.17, 15) is 4.79 Å². The van der Waals surface area contributed by atoms with Crippen molar-refractivity contribution in [2.45, 2.75) is 6.92 Å². The van der Waals surface area contributed by atoms with E-state index in [1.54, 1.807) is 37.9 Å². The number of rotatable bonds is 4. The van der Waals surface area contributed by atoms with Crippen molar-refractivity contribution in [1.29, 1.82) is 0 Å². The Morgan fingerprint density at radius 3 is 2.22 bits per heavy atom. The fourth-order valence-corrected chi connectivity index (χ4v) is 2.49. The molecule has 0 aliphatic heterocycles. The van der Waals surface area contributed by atoms with Gasteiger partial charge in [-0.1, -0.05) is 0 Å². The normalized spacial score (nSPS) is 10.5. The summed E-state index contributed by atoms with van der Waals surface area (Å²) < 4.78 is 6.46. The van der Waals surface area contributed by atoms with Gasteiger partial charge < -0.3 is 10.6 Å². The van der Waals surface area contributed by atoms with Crippen LogP contribution in [0.25, 0.3) is 22.3 Å². The minimum atomic E-state index is -0.456. The third-order valence-corrected chi connectivity index (χ3v) is 3.46. The van der Waals surface area contributed by atoms with E-state index < -0.39 is 5.97 Å². The molecule has 0 saturated heterocycles. The summed E-state index contributed by atoms with van der Waals surface area (Å²) in [5.74, 6) is 5.58. The van der Waals surface area contributed by atoms with Crippen LogP contribution in [-0.2, 0) is 4.74 Å². The van der Waals surface area contributed by atoms with Crippen LogP contribution < -0.4 is 5.84 Å². The van der Waals surface area contributed by atoms with Gasteiger partial charge >= 0.3 is 5.97 Å². The van der Waals surface area contributed by atoms with Crippen LogP contribution in [0.15, 0.2) is 55.2 Å². The number of pyridine rings is 2. The molecule has 0 radical (unpaired) electrons. The van der Waals surface area contributed by atoms with E-state index >= 15 is 0 Å². The number of carbonyl (C=O) groups is 1. The lowest BCUT2D eigenvalue weighted by Crippen LogP contribution is -2.18. The fraction of sp³-hybridized carbons (Fsp3) is 0.118. The van der Waals surface area contributed by atoms with E-state index in [0.717, 1.165) is 22.3 Å². The first kappa shape index (κ1) is 14.8. The number of carbonyl (C=O) groups excluding carboxylic acids is 1. The quantitative estimate of drug-likeness (QED) is 0.591. The average molecular weight is 308 g/mol. The van der Waals surface area contributed by atoms with Gasteiger partial charge in [0.1, 0.15) is 0 Å². The molecular formula is C17H16N4O2. The first-order chi connectivity index (χ1) is 11.2. The van der Waals surface area contributed by atoms with Gasteiger partial charge in [0.2, 0.25) is 0 Å². The molecule has 6 heteroatoms. The molecule has 0 aliphatic carbocycles. The summed E-state index contributed by atoms with van der Waals surface area (Å²) in [5, 5.41) is 0. The second-order valence-corrected chi connectivity index (χ2v) is 4.87. The van der Waals surface area contributed by atoms with E-state index in [1.807, 2.05) is 24.3 Å². The molecule has 0 fully saturated rings. The lowest BCUT2D eigenvalue weighted by molar-refractivity contribution is 0.0517. The second-order valence-electron chi connectivity index (χ2n) is 4.87. The van der Waals surface area contributed by atoms with Crippen LogP contribution in [-0.4, -0.2) is 27.2 Å². The number of nitrogen functional groups attached to an aromatic ring is 1. The molecule has 0 bridgehead atoms. The lowest BCUT2D eigenvalue weighted by Gasteiger charge is -2.08. The Morgan fingerprint density at radius 2 is 1.65 bits per heavy atom. The predicted molar refractivity (Wildman–Crippen MR) is 87.0 cm³/mol. The topological polar surface area (TPSA) is 83.0 Å². The third-order valence-electron chi connectivity index (χ3n) is 3.46. The molecule has 3 aromatic rings. The summed E-state index contributed by atoms with van der Waals surface area (Å²) in [6.07, 6.45) is 8.47. The van der Waals surface area contributed by atoms with E-state index in [1.165, 1.54) is 4.68 Å². The fourth-order valence-electron chi connectivity index (χ4n) is 2.49. The van der Waals surface area contributed by atoms with Crippen molar-refractivity contribution >= 4 is 5.97 Å². The summed E-state index contributed by atoms with van der Waals surface area (Å²) in [4.78, 5) is 20.4. The van der Waals surface area contributed by atoms with Gasteiger partial charge in [-0.2, -0.15) is 0 Å². The molecule has 0 aromatic carbocycles. The minimum absolute atomic E-state index is 0.282. The van der Waals surface area contributed by atoms with Gasteiger partial charge in [-0.05, 0) is 42.3 Å². The van der Waals surface area contributed by atoms with Crippen LogP contribution in [0.2, 0.25) is 0 Å². The lowest BCUT2D eigenvalue weighted by atomic mass is 9.98. The van der Waals surface area contributed by atoms with Gasteiger partial charge in [0.15, 0.2) is 5.69 Å². The number of hydrogen-bond acceptors (Lipinski definition) is 5. The zero-order valence-electron chi connectivity index (χ0n) is 12.6. The van der Waals surface area contributed by atoms with Crippen LogP contribution >= 0.6 is 0 Å². The molecule has 3 aromatic heterocycles. The van der Waals surface area contributed by atoms with Crippen LogP contribution in [0.1, 0.15) is 17.4 Å². The molecule has 2 N–H and O–H groups in total. The highest BCUT2D eigenvalue weighted by Gasteiger charge is 2.24. The van der Waals surface area contributed by atoms with E-state index in [-0.39, 0.29) is 6.61 Å². The van der Waals surface area contributed by atoms with E-state index in [2.05, 4.69) is 9.97 Å². The smallest absolute Gasteiger partial charge is 0.357 e. The number of esters is 1. The van der Waals surface area contributed by atoms with Crippen molar-refractivity contribution in [3.63, 3.8) is 0 Å². The zero-order valence-corrected chi connectivity index (χ0v) is 12.6. The van der Waals surface area contributed by atoms with Crippen molar-refractivity contribution in [1.82, 2.24) is 14.6 Å². The molecule has 0 unspecified atom stereocenters.